The molecular weight excluding hydrogens is 244 g/mol. The number of rotatable bonds is 1. The smallest absolute Gasteiger partial charge is 0.407 e. The number of ether oxygens (including phenoxy) is 1. The molecule has 1 fully saturated rings. The van der Waals surface area contributed by atoms with E-state index in [4.69, 9.17) is 11.6 Å². The van der Waals surface area contributed by atoms with Crippen molar-refractivity contribution in [3.05, 3.63) is 34.6 Å². The second-order valence-corrected chi connectivity index (χ2v) is 3.35. The lowest BCUT2D eigenvalue weighted by Gasteiger charge is -2.09. The summed E-state index contributed by atoms with van der Waals surface area (Å²) in [5.74, 6) is -0.509. The fourth-order valence-corrected chi connectivity index (χ4v) is 1.52. The highest BCUT2D eigenvalue weighted by atomic mass is 35.5. The molecule has 0 aliphatic carbocycles. The SMILES string of the molecule is Cl.O=C1N[C@@H](c2cccc(Cl)c2F)CO1. The molecule has 1 aliphatic rings. The zero-order valence-corrected chi connectivity index (χ0v) is 9.07. The average molecular weight is 252 g/mol. The summed E-state index contributed by atoms with van der Waals surface area (Å²) in [6, 6.07) is 4.21. The van der Waals surface area contributed by atoms with Crippen molar-refractivity contribution in [2.45, 2.75) is 6.04 Å². The molecule has 1 amide bonds. The van der Waals surface area contributed by atoms with E-state index in [-0.39, 0.29) is 24.0 Å². The van der Waals surface area contributed by atoms with Crippen molar-refractivity contribution in [3.63, 3.8) is 0 Å². The molecule has 3 nitrogen and oxygen atoms in total. The van der Waals surface area contributed by atoms with Crippen molar-refractivity contribution >= 4 is 30.1 Å². The van der Waals surface area contributed by atoms with Crippen molar-refractivity contribution in [1.29, 1.82) is 0 Å². The van der Waals surface area contributed by atoms with Gasteiger partial charge in [0.1, 0.15) is 12.4 Å². The Morgan fingerprint density at radius 1 is 1.53 bits per heavy atom. The Bertz CT molecular complexity index is 386. The van der Waals surface area contributed by atoms with Gasteiger partial charge in [0.05, 0.1) is 11.1 Å². The number of hydrogen-bond donors (Lipinski definition) is 1. The number of carbonyl (C=O) groups excluding carboxylic acids is 1. The zero-order chi connectivity index (χ0) is 10.1. The van der Waals surface area contributed by atoms with E-state index < -0.39 is 18.0 Å². The van der Waals surface area contributed by atoms with Crippen LogP contribution >= 0.6 is 24.0 Å². The number of amides is 1. The lowest BCUT2D eigenvalue weighted by molar-refractivity contribution is 0.177. The Balaban J connectivity index is 0.00000112. The molecule has 2 rings (SSSR count). The van der Waals surface area contributed by atoms with Crippen molar-refractivity contribution in [2.75, 3.05) is 6.61 Å². The number of cyclic esters (lactones) is 1. The van der Waals surface area contributed by atoms with Crippen molar-refractivity contribution in [1.82, 2.24) is 5.32 Å². The summed E-state index contributed by atoms with van der Waals surface area (Å²) in [7, 11) is 0. The standard InChI is InChI=1S/C9H7ClFNO2.ClH/c10-6-3-1-2-5(8(6)11)7-4-14-9(13)12-7;/h1-3,7H,4H2,(H,12,13);1H/t7-;/m1./s1. The van der Waals surface area contributed by atoms with Crippen LogP contribution in [0.15, 0.2) is 18.2 Å². The summed E-state index contributed by atoms with van der Waals surface area (Å²) in [5.41, 5.74) is 0.350. The summed E-state index contributed by atoms with van der Waals surface area (Å²) in [6.07, 6.45) is -0.533. The summed E-state index contributed by atoms with van der Waals surface area (Å²) in [6.45, 7) is 0.135. The Hall–Kier alpha value is -1.00. The summed E-state index contributed by atoms with van der Waals surface area (Å²) in [5, 5.41) is 2.52. The van der Waals surface area contributed by atoms with E-state index in [9.17, 15) is 9.18 Å². The van der Waals surface area contributed by atoms with E-state index in [1.165, 1.54) is 6.07 Å². The van der Waals surface area contributed by atoms with Gasteiger partial charge in [-0.15, -0.1) is 12.4 Å². The van der Waals surface area contributed by atoms with Crippen LogP contribution in [0.25, 0.3) is 0 Å². The molecule has 15 heavy (non-hydrogen) atoms. The molecule has 1 aromatic carbocycles. The van der Waals surface area contributed by atoms with E-state index >= 15 is 0 Å². The number of nitrogens with one attached hydrogen (secondary N) is 1. The number of hydrogen-bond acceptors (Lipinski definition) is 2. The minimum atomic E-state index is -0.533. The second-order valence-electron chi connectivity index (χ2n) is 2.94. The highest BCUT2D eigenvalue weighted by Gasteiger charge is 2.26. The van der Waals surface area contributed by atoms with Crippen LogP contribution in [0.5, 0.6) is 0 Å². The quantitative estimate of drug-likeness (QED) is 0.834. The number of carbonyl (C=O) groups is 1. The maximum atomic E-state index is 13.4. The van der Waals surface area contributed by atoms with Gasteiger partial charge in [-0.05, 0) is 6.07 Å². The number of alkyl carbamates (subject to hydrolysis) is 1. The molecule has 0 bridgehead atoms. The predicted molar refractivity (Wildman–Crippen MR) is 55.9 cm³/mol. The number of benzene rings is 1. The third-order valence-electron chi connectivity index (χ3n) is 2.03. The first-order valence-corrected chi connectivity index (χ1v) is 4.43. The lowest BCUT2D eigenvalue weighted by Crippen LogP contribution is -2.19. The molecular formula is C9H8Cl2FNO2. The average Bonchev–Trinajstić information content (AvgIpc) is 2.57. The van der Waals surface area contributed by atoms with Gasteiger partial charge in [-0.2, -0.15) is 0 Å². The van der Waals surface area contributed by atoms with E-state index in [0.29, 0.717) is 5.56 Å². The molecule has 1 saturated heterocycles. The number of halogens is 3. The molecule has 0 saturated carbocycles. The zero-order valence-electron chi connectivity index (χ0n) is 7.50. The van der Waals surface area contributed by atoms with Crippen LogP contribution in [0.1, 0.15) is 11.6 Å². The highest BCUT2D eigenvalue weighted by molar-refractivity contribution is 6.30. The predicted octanol–water partition coefficient (Wildman–Crippen LogP) is 2.68. The molecule has 0 spiro atoms. The maximum absolute atomic E-state index is 13.4. The van der Waals surface area contributed by atoms with E-state index in [2.05, 4.69) is 10.1 Å². The van der Waals surface area contributed by atoms with Crippen LogP contribution in [0.2, 0.25) is 5.02 Å². The molecule has 1 aromatic rings. The first-order chi connectivity index (χ1) is 6.68. The van der Waals surface area contributed by atoms with Gasteiger partial charge in [0.15, 0.2) is 0 Å². The van der Waals surface area contributed by atoms with Crippen molar-refractivity contribution in [3.8, 4) is 0 Å². The van der Waals surface area contributed by atoms with E-state index in [1.807, 2.05) is 0 Å². The van der Waals surface area contributed by atoms with E-state index in [1.54, 1.807) is 12.1 Å². The molecule has 0 radical (unpaired) electrons. The molecule has 1 atom stereocenters. The van der Waals surface area contributed by atoms with Crippen molar-refractivity contribution in [2.24, 2.45) is 0 Å². The van der Waals surface area contributed by atoms with Gasteiger partial charge < -0.3 is 10.1 Å². The van der Waals surface area contributed by atoms with Gasteiger partial charge in [0.2, 0.25) is 0 Å². The topological polar surface area (TPSA) is 38.3 Å². The molecule has 1 N–H and O–H groups in total. The fourth-order valence-electron chi connectivity index (χ4n) is 1.34. The Morgan fingerprint density at radius 2 is 2.27 bits per heavy atom. The van der Waals surface area contributed by atoms with Crippen LogP contribution in [0.4, 0.5) is 9.18 Å². The minimum Gasteiger partial charge on any atom is -0.447 e. The summed E-state index contributed by atoms with van der Waals surface area (Å²) >= 11 is 5.60. The summed E-state index contributed by atoms with van der Waals surface area (Å²) < 4.78 is 18.1. The largest absolute Gasteiger partial charge is 0.447 e. The summed E-state index contributed by atoms with van der Waals surface area (Å²) in [4.78, 5) is 10.7. The fraction of sp³-hybridized carbons (Fsp3) is 0.222. The van der Waals surface area contributed by atoms with Crippen LogP contribution in [-0.4, -0.2) is 12.7 Å². The normalized spacial score (nSPS) is 19.1. The van der Waals surface area contributed by atoms with Crippen LogP contribution < -0.4 is 5.32 Å². The molecule has 1 heterocycles. The first-order valence-electron chi connectivity index (χ1n) is 4.05. The Kier molecular flexibility index (Phi) is 3.77. The monoisotopic (exact) mass is 251 g/mol. The molecule has 82 valence electrons. The van der Waals surface area contributed by atoms with Crippen LogP contribution in [0.3, 0.4) is 0 Å². The van der Waals surface area contributed by atoms with Crippen molar-refractivity contribution < 1.29 is 13.9 Å². The third kappa shape index (κ3) is 2.33. The Morgan fingerprint density at radius 3 is 2.87 bits per heavy atom. The van der Waals surface area contributed by atoms with Gasteiger partial charge in [-0.3, -0.25) is 0 Å². The molecule has 0 aromatic heterocycles. The molecule has 1 aliphatic heterocycles. The van der Waals surface area contributed by atoms with Crippen LogP contribution in [0, 0.1) is 5.82 Å². The molecule has 0 unspecified atom stereocenters. The third-order valence-corrected chi connectivity index (χ3v) is 2.32. The van der Waals surface area contributed by atoms with Crippen LogP contribution in [-0.2, 0) is 4.74 Å². The minimum absolute atomic E-state index is 0. The second kappa shape index (κ2) is 4.68. The molecule has 6 heteroatoms. The lowest BCUT2D eigenvalue weighted by atomic mass is 10.1. The van der Waals surface area contributed by atoms with Gasteiger partial charge >= 0.3 is 6.09 Å². The Labute approximate surface area is 97.0 Å². The highest BCUT2D eigenvalue weighted by Crippen LogP contribution is 2.25. The first kappa shape index (κ1) is 12.1. The van der Waals surface area contributed by atoms with E-state index in [0.717, 1.165) is 0 Å². The maximum Gasteiger partial charge on any atom is 0.407 e. The van der Waals surface area contributed by atoms with Gasteiger partial charge in [0.25, 0.3) is 0 Å². The van der Waals surface area contributed by atoms with Gasteiger partial charge in [0, 0.05) is 5.56 Å². The van der Waals surface area contributed by atoms with Gasteiger partial charge in [-0.1, -0.05) is 23.7 Å². The van der Waals surface area contributed by atoms with Gasteiger partial charge in [-0.25, -0.2) is 9.18 Å².